The van der Waals surface area contributed by atoms with Gasteiger partial charge in [0.1, 0.15) is 0 Å². The highest BCUT2D eigenvalue weighted by molar-refractivity contribution is 7.91. The summed E-state index contributed by atoms with van der Waals surface area (Å²) >= 11 is 12.5. The molecule has 1 saturated heterocycles. The number of nitrogens with zero attached hydrogens (tertiary/aromatic N) is 2. The number of aliphatic hydroxyl groups is 1. The molecule has 3 rings (SSSR count). The van der Waals surface area contributed by atoms with Crippen molar-refractivity contribution in [3.8, 4) is 0 Å². The summed E-state index contributed by atoms with van der Waals surface area (Å²) in [7, 11) is 0.787. The molecule has 1 N–H and O–H groups in total. The monoisotopic (exact) mass is 420 g/mol. The number of sulfone groups is 1. The largest absolute Gasteiger partial charge is 0.390 e. The third kappa shape index (κ3) is 4.54. The molecule has 0 radical (unpaired) electrons. The van der Waals surface area contributed by atoms with Crippen LogP contribution in [0.5, 0.6) is 0 Å². The minimum absolute atomic E-state index is 0.0199. The van der Waals surface area contributed by atoms with Gasteiger partial charge in [0.25, 0.3) is 0 Å². The van der Waals surface area contributed by atoms with Gasteiger partial charge in [-0.25, -0.2) is 8.42 Å². The molecule has 146 valence electrons. The molecule has 0 amide bonds. The molecule has 0 aromatic heterocycles. The molecule has 2 atom stereocenters. The summed E-state index contributed by atoms with van der Waals surface area (Å²) in [4.78, 5) is 4.21. The van der Waals surface area contributed by atoms with E-state index < -0.39 is 15.9 Å². The minimum Gasteiger partial charge on any atom is -0.390 e. The third-order valence-electron chi connectivity index (χ3n) is 5.46. The normalized spacial score (nSPS) is 26.6. The number of hydrogen-bond donors (Lipinski definition) is 1. The van der Waals surface area contributed by atoms with Crippen LogP contribution in [0.3, 0.4) is 0 Å². The van der Waals surface area contributed by atoms with Gasteiger partial charge < -0.3 is 10.0 Å². The topological polar surface area (TPSA) is 60.9 Å². The fourth-order valence-corrected chi connectivity index (χ4v) is 6.26. The summed E-state index contributed by atoms with van der Waals surface area (Å²) in [6, 6.07) is 5.23. The third-order valence-corrected chi connectivity index (χ3v) is 7.71. The lowest BCUT2D eigenvalue weighted by molar-refractivity contribution is 0.0720. The van der Waals surface area contributed by atoms with E-state index in [0.717, 1.165) is 24.9 Å². The molecule has 1 aromatic carbocycles. The van der Waals surface area contributed by atoms with Crippen LogP contribution in [0.15, 0.2) is 18.2 Å². The van der Waals surface area contributed by atoms with Crippen LogP contribution >= 0.6 is 23.2 Å². The van der Waals surface area contributed by atoms with Crippen molar-refractivity contribution in [3.63, 3.8) is 0 Å². The van der Waals surface area contributed by atoms with Crippen molar-refractivity contribution < 1.29 is 13.5 Å². The molecule has 1 saturated carbocycles. The van der Waals surface area contributed by atoms with Gasteiger partial charge in [-0.3, -0.25) is 4.90 Å². The predicted octanol–water partition coefficient (Wildman–Crippen LogP) is 2.05. The Hall–Kier alpha value is -0.370. The molecule has 5 nitrogen and oxygen atoms in total. The molecule has 0 bridgehead atoms. The van der Waals surface area contributed by atoms with E-state index in [1.807, 2.05) is 26.2 Å². The Morgan fingerprint density at radius 2 is 1.88 bits per heavy atom. The van der Waals surface area contributed by atoms with Gasteiger partial charge in [-0.1, -0.05) is 29.3 Å². The Morgan fingerprint density at radius 1 is 1.19 bits per heavy atom. The number of benzene rings is 1. The van der Waals surface area contributed by atoms with E-state index in [2.05, 4.69) is 9.80 Å². The summed E-state index contributed by atoms with van der Waals surface area (Å²) in [5.74, 6) is -0.128. The summed E-state index contributed by atoms with van der Waals surface area (Å²) in [5.41, 5.74) is 0.980. The highest BCUT2D eigenvalue weighted by atomic mass is 35.5. The van der Waals surface area contributed by atoms with Crippen LogP contribution in [-0.4, -0.2) is 80.7 Å². The fourth-order valence-electron chi connectivity index (χ4n) is 3.82. The molecule has 8 heteroatoms. The second kappa shape index (κ2) is 7.57. The molecule has 1 heterocycles. The first-order valence-electron chi connectivity index (χ1n) is 8.85. The van der Waals surface area contributed by atoms with Crippen LogP contribution in [0.4, 0.5) is 0 Å². The van der Waals surface area contributed by atoms with Gasteiger partial charge in [0.2, 0.25) is 0 Å². The SMILES string of the molecule is CN(C)CCN(CC1(c2ccc(Cl)cc2Cl)CC1)[C@@H]1CS(=O)(=O)C[C@H]1O. The second-order valence-corrected chi connectivity index (χ2v) is 10.9. The molecule has 26 heavy (non-hydrogen) atoms. The number of rotatable bonds is 7. The lowest BCUT2D eigenvalue weighted by Gasteiger charge is -2.34. The predicted molar refractivity (Wildman–Crippen MR) is 106 cm³/mol. The van der Waals surface area contributed by atoms with Gasteiger partial charge in [0.05, 0.1) is 23.7 Å². The molecule has 2 aliphatic rings. The summed E-state index contributed by atoms with van der Waals surface area (Å²) in [6.07, 6.45) is 1.17. The van der Waals surface area contributed by atoms with E-state index in [0.29, 0.717) is 23.1 Å². The van der Waals surface area contributed by atoms with Crippen LogP contribution in [0.2, 0.25) is 10.0 Å². The molecule has 0 unspecified atom stereocenters. The summed E-state index contributed by atoms with van der Waals surface area (Å²) < 4.78 is 24.0. The van der Waals surface area contributed by atoms with Crippen molar-refractivity contribution in [3.05, 3.63) is 33.8 Å². The fraction of sp³-hybridized carbons (Fsp3) is 0.667. The Kier molecular flexibility index (Phi) is 5.93. The molecular formula is C18H26Cl2N2O3S. The Bertz CT molecular complexity index is 766. The summed E-state index contributed by atoms with van der Waals surface area (Å²) in [5, 5.41) is 11.6. The quantitative estimate of drug-likeness (QED) is 0.730. The molecule has 1 aliphatic carbocycles. The Morgan fingerprint density at radius 3 is 2.38 bits per heavy atom. The van der Waals surface area contributed by atoms with E-state index in [1.54, 1.807) is 6.07 Å². The van der Waals surface area contributed by atoms with E-state index >= 15 is 0 Å². The standard InChI is InChI=1S/C18H26Cl2N2O3S/c1-21(2)7-8-22(16-10-26(24,25)11-17(16)23)12-18(5-6-18)14-4-3-13(19)9-15(14)20/h3-4,9,16-17,23H,5-8,10-12H2,1-2H3/t16-,17-/m1/s1. The van der Waals surface area contributed by atoms with Crippen molar-refractivity contribution in [2.24, 2.45) is 0 Å². The van der Waals surface area contributed by atoms with Crippen LogP contribution in [-0.2, 0) is 15.3 Å². The first-order chi connectivity index (χ1) is 12.1. The van der Waals surface area contributed by atoms with E-state index in [9.17, 15) is 13.5 Å². The van der Waals surface area contributed by atoms with Gasteiger partial charge in [-0.15, -0.1) is 0 Å². The smallest absolute Gasteiger partial charge is 0.154 e. The number of halogens is 2. The minimum atomic E-state index is -3.19. The second-order valence-electron chi connectivity index (χ2n) is 7.89. The van der Waals surface area contributed by atoms with Crippen molar-refractivity contribution in [2.75, 3.05) is 45.2 Å². The number of likely N-dealkylation sites (N-methyl/N-ethyl adjacent to an activating group) is 1. The highest BCUT2D eigenvalue weighted by Gasteiger charge is 2.49. The first-order valence-corrected chi connectivity index (χ1v) is 11.4. The lowest BCUT2D eigenvalue weighted by atomic mass is 9.94. The maximum atomic E-state index is 12.0. The molecule has 1 aliphatic heterocycles. The van der Waals surface area contributed by atoms with Gasteiger partial charge >= 0.3 is 0 Å². The highest BCUT2D eigenvalue weighted by Crippen LogP contribution is 2.51. The average Bonchev–Trinajstić information content (AvgIpc) is 3.23. The Labute approximate surface area is 165 Å². The van der Waals surface area contributed by atoms with Crippen LogP contribution in [0.1, 0.15) is 18.4 Å². The maximum Gasteiger partial charge on any atom is 0.154 e. The molecule has 0 spiro atoms. The Balaban J connectivity index is 1.83. The molecule has 1 aromatic rings. The zero-order valence-electron chi connectivity index (χ0n) is 15.2. The van der Waals surface area contributed by atoms with Crippen molar-refractivity contribution in [1.82, 2.24) is 9.80 Å². The van der Waals surface area contributed by atoms with Crippen LogP contribution < -0.4 is 0 Å². The van der Waals surface area contributed by atoms with Crippen LogP contribution in [0.25, 0.3) is 0 Å². The van der Waals surface area contributed by atoms with Crippen molar-refractivity contribution in [2.45, 2.75) is 30.4 Å². The van der Waals surface area contributed by atoms with Crippen molar-refractivity contribution in [1.29, 1.82) is 0 Å². The zero-order chi connectivity index (χ0) is 19.1. The summed E-state index contributed by atoms with van der Waals surface area (Å²) in [6.45, 7) is 2.20. The van der Waals surface area contributed by atoms with Gasteiger partial charge in [-0.2, -0.15) is 0 Å². The molecule has 2 fully saturated rings. The first kappa shape index (κ1) is 20.4. The van der Waals surface area contributed by atoms with Gasteiger partial charge in [0.15, 0.2) is 9.84 Å². The lowest BCUT2D eigenvalue weighted by Crippen LogP contribution is -2.49. The van der Waals surface area contributed by atoms with E-state index in [4.69, 9.17) is 23.2 Å². The van der Waals surface area contributed by atoms with E-state index in [-0.39, 0.29) is 23.0 Å². The molecular weight excluding hydrogens is 395 g/mol. The average molecular weight is 421 g/mol. The van der Waals surface area contributed by atoms with Crippen molar-refractivity contribution >= 4 is 33.0 Å². The maximum absolute atomic E-state index is 12.0. The van der Waals surface area contributed by atoms with Crippen LogP contribution in [0, 0.1) is 0 Å². The van der Waals surface area contributed by atoms with Gasteiger partial charge in [0, 0.05) is 35.1 Å². The van der Waals surface area contributed by atoms with Gasteiger partial charge in [-0.05, 0) is 44.6 Å². The van der Waals surface area contributed by atoms with E-state index in [1.165, 1.54) is 0 Å². The number of aliphatic hydroxyl groups excluding tert-OH is 1. The zero-order valence-corrected chi connectivity index (χ0v) is 17.5. The number of hydrogen-bond acceptors (Lipinski definition) is 5.